The van der Waals surface area contributed by atoms with Crippen molar-refractivity contribution in [3.63, 3.8) is 0 Å². The molecule has 0 aliphatic carbocycles. The smallest absolute Gasteiger partial charge is 0.178 e. The molecule has 0 aromatic heterocycles. The molecule has 0 aliphatic rings. The van der Waals surface area contributed by atoms with Gasteiger partial charge >= 0.3 is 0 Å². The molecule has 0 radical (unpaired) electrons. The maximum Gasteiger partial charge on any atom is 0.178 e. The van der Waals surface area contributed by atoms with Gasteiger partial charge in [-0.1, -0.05) is 31.3 Å². The van der Waals surface area contributed by atoms with Crippen molar-refractivity contribution in [2.24, 2.45) is 5.73 Å². The van der Waals surface area contributed by atoms with Gasteiger partial charge in [-0.2, -0.15) is 0 Å². The van der Waals surface area contributed by atoms with E-state index in [9.17, 15) is 8.42 Å². The van der Waals surface area contributed by atoms with E-state index in [4.69, 9.17) is 18.0 Å². The van der Waals surface area contributed by atoms with E-state index in [-0.39, 0.29) is 5.75 Å². The summed E-state index contributed by atoms with van der Waals surface area (Å²) in [6, 6.07) is 7.02. The lowest BCUT2D eigenvalue weighted by molar-refractivity contribution is 0.597. The number of benzene rings is 1. The molecule has 1 aromatic carbocycles. The van der Waals surface area contributed by atoms with Crippen molar-refractivity contribution < 1.29 is 8.42 Å². The first-order chi connectivity index (χ1) is 7.95. The lowest BCUT2D eigenvalue weighted by Gasteiger charge is -2.04. The number of aryl methyl sites for hydroxylation is 1. The molecule has 0 saturated carbocycles. The van der Waals surface area contributed by atoms with Gasteiger partial charge in [-0.25, -0.2) is 8.42 Å². The molecule has 0 aliphatic heterocycles. The highest BCUT2D eigenvalue weighted by Crippen LogP contribution is 2.13. The SMILES string of the molecule is CCS(=O)(=O)c1ccc(CCCC(N)=S)cc1. The number of sulfone groups is 1. The predicted octanol–water partition coefficient (Wildman–Crippen LogP) is 2.09. The number of hydrogen-bond acceptors (Lipinski definition) is 3. The Kier molecular flexibility index (Phi) is 5.08. The summed E-state index contributed by atoms with van der Waals surface area (Å²) in [6.45, 7) is 1.64. The molecule has 2 N–H and O–H groups in total. The third kappa shape index (κ3) is 4.44. The summed E-state index contributed by atoms with van der Waals surface area (Å²) >= 11 is 4.79. The molecule has 5 heteroatoms. The van der Waals surface area contributed by atoms with Gasteiger partial charge in [0.1, 0.15) is 0 Å². The van der Waals surface area contributed by atoms with Crippen LogP contribution in [0.4, 0.5) is 0 Å². The zero-order valence-electron chi connectivity index (χ0n) is 9.85. The van der Waals surface area contributed by atoms with Crippen LogP contribution in [0.1, 0.15) is 25.3 Å². The average molecular weight is 271 g/mol. The molecule has 0 heterocycles. The highest BCUT2D eigenvalue weighted by molar-refractivity contribution is 7.91. The van der Waals surface area contributed by atoms with E-state index in [2.05, 4.69) is 0 Å². The van der Waals surface area contributed by atoms with E-state index in [0.717, 1.165) is 24.8 Å². The van der Waals surface area contributed by atoms with Crippen LogP contribution in [0.3, 0.4) is 0 Å². The highest BCUT2D eigenvalue weighted by atomic mass is 32.2. The standard InChI is InChI=1S/C12H17NO2S2/c1-2-17(14,15)11-8-6-10(7-9-11)4-3-5-12(13)16/h6-9H,2-5H2,1H3,(H2,13,16). The summed E-state index contributed by atoms with van der Waals surface area (Å²) in [5, 5.41) is 0. The maximum absolute atomic E-state index is 11.6. The van der Waals surface area contributed by atoms with Crippen LogP contribution in [0, 0.1) is 0 Å². The quantitative estimate of drug-likeness (QED) is 0.805. The van der Waals surface area contributed by atoms with Gasteiger partial charge in [-0.15, -0.1) is 0 Å². The van der Waals surface area contributed by atoms with Crippen molar-refractivity contribution in [1.82, 2.24) is 0 Å². The van der Waals surface area contributed by atoms with Gasteiger partial charge in [0.05, 0.1) is 15.6 Å². The molecule has 0 amide bonds. The minimum Gasteiger partial charge on any atom is -0.393 e. The van der Waals surface area contributed by atoms with Gasteiger partial charge in [0.2, 0.25) is 0 Å². The molecule has 94 valence electrons. The predicted molar refractivity (Wildman–Crippen MR) is 73.9 cm³/mol. The molecular weight excluding hydrogens is 254 g/mol. The first-order valence-corrected chi connectivity index (χ1v) is 7.62. The minimum atomic E-state index is -3.09. The first-order valence-electron chi connectivity index (χ1n) is 5.55. The summed E-state index contributed by atoms with van der Waals surface area (Å²) in [6.07, 6.45) is 2.49. The summed E-state index contributed by atoms with van der Waals surface area (Å²) in [4.78, 5) is 0.910. The van der Waals surface area contributed by atoms with E-state index >= 15 is 0 Å². The monoisotopic (exact) mass is 271 g/mol. The molecule has 1 aromatic rings. The van der Waals surface area contributed by atoms with E-state index < -0.39 is 9.84 Å². The van der Waals surface area contributed by atoms with Gasteiger partial charge in [0, 0.05) is 0 Å². The Labute approximate surface area is 108 Å². The lowest BCUT2D eigenvalue weighted by Crippen LogP contribution is -2.07. The van der Waals surface area contributed by atoms with Crippen LogP contribution in [-0.4, -0.2) is 19.2 Å². The average Bonchev–Trinajstić information content (AvgIpc) is 2.29. The second-order valence-corrected chi connectivity index (χ2v) is 6.67. The Bertz CT molecular complexity index is 478. The molecule has 0 saturated heterocycles. The molecule has 0 spiro atoms. The van der Waals surface area contributed by atoms with Crippen LogP contribution in [-0.2, 0) is 16.3 Å². The minimum absolute atomic E-state index is 0.133. The fourth-order valence-electron chi connectivity index (χ4n) is 1.50. The summed E-state index contributed by atoms with van der Waals surface area (Å²) in [7, 11) is -3.09. The van der Waals surface area contributed by atoms with Crippen molar-refractivity contribution in [2.75, 3.05) is 5.75 Å². The Hall–Kier alpha value is -0.940. The number of thiocarbonyl (C=S) groups is 1. The van der Waals surface area contributed by atoms with E-state index in [0.29, 0.717) is 9.88 Å². The van der Waals surface area contributed by atoms with Gasteiger partial charge in [-0.3, -0.25) is 0 Å². The first kappa shape index (κ1) is 14.1. The fourth-order valence-corrected chi connectivity index (χ4v) is 2.53. The zero-order valence-corrected chi connectivity index (χ0v) is 11.5. The molecule has 17 heavy (non-hydrogen) atoms. The number of rotatable bonds is 6. The maximum atomic E-state index is 11.6. The van der Waals surface area contributed by atoms with Crippen LogP contribution >= 0.6 is 12.2 Å². The summed E-state index contributed by atoms with van der Waals surface area (Å²) in [5.41, 5.74) is 6.52. The van der Waals surface area contributed by atoms with Crippen molar-refractivity contribution in [3.05, 3.63) is 29.8 Å². The Morgan fingerprint density at radius 3 is 2.35 bits per heavy atom. The second-order valence-electron chi connectivity index (χ2n) is 3.87. The topological polar surface area (TPSA) is 60.2 Å². The zero-order chi connectivity index (χ0) is 12.9. The van der Waals surface area contributed by atoms with E-state index in [1.807, 2.05) is 12.1 Å². The van der Waals surface area contributed by atoms with Gasteiger partial charge < -0.3 is 5.73 Å². The van der Waals surface area contributed by atoms with Crippen LogP contribution in [0.5, 0.6) is 0 Å². The van der Waals surface area contributed by atoms with Crippen LogP contribution in [0.2, 0.25) is 0 Å². The largest absolute Gasteiger partial charge is 0.393 e. The van der Waals surface area contributed by atoms with Crippen LogP contribution < -0.4 is 5.73 Å². The molecule has 0 bridgehead atoms. The fraction of sp³-hybridized carbons (Fsp3) is 0.417. The lowest BCUT2D eigenvalue weighted by atomic mass is 10.1. The van der Waals surface area contributed by atoms with Gasteiger partial charge in [0.15, 0.2) is 9.84 Å². The van der Waals surface area contributed by atoms with Crippen molar-refractivity contribution >= 4 is 27.0 Å². The number of hydrogen-bond donors (Lipinski definition) is 1. The van der Waals surface area contributed by atoms with Crippen molar-refractivity contribution in [2.45, 2.75) is 31.1 Å². The van der Waals surface area contributed by atoms with Gasteiger partial charge in [0.25, 0.3) is 0 Å². The molecule has 0 fully saturated rings. The molecule has 3 nitrogen and oxygen atoms in total. The Balaban J connectivity index is 2.66. The summed E-state index contributed by atoms with van der Waals surface area (Å²) in [5.74, 6) is 0.133. The molecular formula is C12H17NO2S2. The molecule has 1 rings (SSSR count). The Morgan fingerprint density at radius 2 is 1.88 bits per heavy atom. The highest BCUT2D eigenvalue weighted by Gasteiger charge is 2.10. The van der Waals surface area contributed by atoms with Crippen molar-refractivity contribution in [1.29, 1.82) is 0 Å². The number of nitrogens with two attached hydrogens (primary N) is 1. The third-order valence-corrected chi connectivity index (χ3v) is 4.51. The second kappa shape index (κ2) is 6.12. The van der Waals surface area contributed by atoms with Gasteiger partial charge in [-0.05, 0) is 37.0 Å². The van der Waals surface area contributed by atoms with E-state index in [1.54, 1.807) is 19.1 Å². The molecule has 0 atom stereocenters. The summed E-state index contributed by atoms with van der Waals surface area (Å²) < 4.78 is 23.2. The normalized spacial score (nSPS) is 11.4. The van der Waals surface area contributed by atoms with Crippen LogP contribution in [0.25, 0.3) is 0 Å². The van der Waals surface area contributed by atoms with E-state index in [1.165, 1.54) is 0 Å². The molecule has 0 unspecified atom stereocenters. The Morgan fingerprint density at radius 1 is 1.29 bits per heavy atom. The van der Waals surface area contributed by atoms with Crippen molar-refractivity contribution in [3.8, 4) is 0 Å². The van der Waals surface area contributed by atoms with Crippen LogP contribution in [0.15, 0.2) is 29.2 Å². The third-order valence-electron chi connectivity index (χ3n) is 2.55.